The SMILES string of the molecule is CC(C)C(=O)N(C)Cc1ccc(N2C=C(C(F)(F)F)OC2)cc1. The summed E-state index contributed by atoms with van der Waals surface area (Å²) in [7, 11) is 1.73. The molecule has 7 heteroatoms. The molecule has 0 saturated carbocycles. The van der Waals surface area contributed by atoms with E-state index in [2.05, 4.69) is 4.74 Å². The predicted molar refractivity (Wildman–Crippen MR) is 80.3 cm³/mol. The van der Waals surface area contributed by atoms with Gasteiger partial charge in [0.25, 0.3) is 0 Å². The van der Waals surface area contributed by atoms with E-state index in [-0.39, 0.29) is 18.6 Å². The molecular formula is C16H19F3N2O2. The van der Waals surface area contributed by atoms with E-state index in [1.165, 1.54) is 4.90 Å². The maximum atomic E-state index is 12.5. The molecule has 0 radical (unpaired) electrons. The third-order valence-electron chi connectivity index (χ3n) is 3.47. The molecule has 23 heavy (non-hydrogen) atoms. The van der Waals surface area contributed by atoms with Crippen molar-refractivity contribution in [3.05, 3.63) is 41.8 Å². The fourth-order valence-electron chi connectivity index (χ4n) is 2.24. The highest BCUT2D eigenvalue weighted by atomic mass is 19.4. The molecule has 0 fully saturated rings. The third kappa shape index (κ3) is 4.18. The summed E-state index contributed by atoms with van der Waals surface area (Å²) in [4.78, 5) is 14.9. The number of carbonyl (C=O) groups excluding carboxylic acids is 1. The molecule has 1 aliphatic heterocycles. The van der Waals surface area contributed by atoms with Crippen molar-refractivity contribution in [2.75, 3.05) is 18.7 Å². The first-order valence-electron chi connectivity index (χ1n) is 7.21. The van der Waals surface area contributed by atoms with E-state index < -0.39 is 11.9 Å². The number of nitrogens with zero attached hydrogens (tertiary/aromatic N) is 2. The number of rotatable bonds is 4. The van der Waals surface area contributed by atoms with Gasteiger partial charge in [-0.05, 0) is 17.7 Å². The summed E-state index contributed by atoms with van der Waals surface area (Å²) in [5, 5.41) is 0. The number of amides is 1. The normalized spacial score (nSPS) is 14.7. The Morgan fingerprint density at radius 3 is 2.39 bits per heavy atom. The van der Waals surface area contributed by atoms with Gasteiger partial charge in [-0.3, -0.25) is 4.79 Å². The van der Waals surface area contributed by atoms with Gasteiger partial charge in [0.15, 0.2) is 6.73 Å². The lowest BCUT2D eigenvalue weighted by molar-refractivity contribution is -0.133. The van der Waals surface area contributed by atoms with Crippen LogP contribution in [0.25, 0.3) is 0 Å². The van der Waals surface area contributed by atoms with Crippen LogP contribution >= 0.6 is 0 Å². The molecular weight excluding hydrogens is 309 g/mol. The second-order valence-electron chi connectivity index (χ2n) is 5.75. The number of anilines is 1. The van der Waals surface area contributed by atoms with Crippen molar-refractivity contribution >= 4 is 11.6 Å². The third-order valence-corrected chi connectivity index (χ3v) is 3.47. The van der Waals surface area contributed by atoms with E-state index in [4.69, 9.17) is 0 Å². The highest BCUT2D eigenvalue weighted by Gasteiger charge is 2.39. The van der Waals surface area contributed by atoms with E-state index in [1.54, 1.807) is 36.2 Å². The molecule has 0 bridgehead atoms. The van der Waals surface area contributed by atoms with Crippen LogP contribution < -0.4 is 4.90 Å². The summed E-state index contributed by atoms with van der Waals surface area (Å²) in [6.07, 6.45) is -3.53. The Balaban J connectivity index is 2.03. The number of hydrogen-bond acceptors (Lipinski definition) is 3. The first-order valence-corrected chi connectivity index (χ1v) is 7.21. The van der Waals surface area contributed by atoms with Crippen LogP contribution in [-0.4, -0.2) is 30.8 Å². The highest BCUT2D eigenvalue weighted by molar-refractivity contribution is 5.77. The minimum absolute atomic E-state index is 0.0415. The Kier molecular flexibility index (Phi) is 4.87. The molecule has 126 valence electrons. The fourth-order valence-corrected chi connectivity index (χ4v) is 2.24. The number of halogens is 3. The van der Waals surface area contributed by atoms with Gasteiger partial charge < -0.3 is 14.5 Å². The van der Waals surface area contributed by atoms with Crippen molar-refractivity contribution in [1.29, 1.82) is 0 Å². The van der Waals surface area contributed by atoms with Gasteiger partial charge in [0.2, 0.25) is 11.7 Å². The molecule has 0 spiro atoms. The number of benzene rings is 1. The Hall–Kier alpha value is -2.18. The molecule has 1 aromatic carbocycles. The molecule has 4 nitrogen and oxygen atoms in total. The quantitative estimate of drug-likeness (QED) is 0.848. The van der Waals surface area contributed by atoms with Crippen LogP contribution in [0.5, 0.6) is 0 Å². The number of alkyl halides is 3. The Bertz CT molecular complexity index is 594. The molecule has 1 amide bonds. The average molecular weight is 328 g/mol. The second-order valence-corrected chi connectivity index (χ2v) is 5.75. The number of hydrogen-bond donors (Lipinski definition) is 0. The van der Waals surface area contributed by atoms with Crippen LogP contribution in [-0.2, 0) is 16.1 Å². The van der Waals surface area contributed by atoms with Gasteiger partial charge in [0.1, 0.15) is 0 Å². The van der Waals surface area contributed by atoms with E-state index in [0.29, 0.717) is 12.2 Å². The number of ether oxygens (including phenoxy) is 1. The Labute approximate surface area is 133 Å². The van der Waals surface area contributed by atoms with Gasteiger partial charge in [0, 0.05) is 25.2 Å². The zero-order chi connectivity index (χ0) is 17.2. The summed E-state index contributed by atoms with van der Waals surface area (Å²) >= 11 is 0. The number of allylic oxidation sites excluding steroid dienone is 1. The molecule has 1 aromatic rings. The maximum absolute atomic E-state index is 12.5. The molecule has 0 unspecified atom stereocenters. The van der Waals surface area contributed by atoms with Crippen LogP contribution in [0, 0.1) is 5.92 Å². The van der Waals surface area contributed by atoms with Crippen molar-refractivity contribution in [2.45, 2.75) is 26.6 Å². The van der Waals surface area contributed by atoms with Crippen molar-refractivity contribution in [2.24, 2.45) is 5.92 Å². The molecule has 0 aliphatic carbocycles. The van der Waals surface area contributed by atoms with Crippen molar-refractivity contribution in [3.63, 3.8) is 0 Å². The van der Waals surface area contributed by atoms with Crippen LogP contribution in [0.4, 0.5) is 18.9 Å². The fraction of sp³-hybridized carbons (Fsp3) is 0.438. The molecule has 0 aromatic heterocycles. The Morgan fingerprint density at radius 2 is 1.91 bits per heavy atom. The highest BCUT2D eigenvalue weighted by Crippen LogP contribution is 2.32. The lowest BCUT2D eigenvalue weighted by Crippen LogP contribution is -2.29. The van der Waals surface area contributed by atoms with Gasteiger partial charge in [-0.25, -0.2) is 0 Å². The molecule has 0 N–H and O–H groups in total. The van der Waals surface area contributed by atoms with Crippen LogP contribution in [0.15, 0.2) is 36.2 Å². The van der Waals surface area contributed by atoms with Gasteiger partial charge >= 0.3 is 6.18 Å². The zero-order valence-electron chi connectivity index (χ0n) is 13.2. The zero-order valence-corrected chi connectivity index (χ0v) is 13.2. The summed E-state index contributed by atoms with van der Waals surface area (Å²) in [6, 6.07) is 7.00. The standard InChI is InChI=1S/C16H19F3N2O2/c1-11(2)15(22)20(3)8-12-4-6-13(7-5-12)21-9-14(23-10-21)16(17,18)19/h4-7,9,11H,8,10H2,1-3H3. The summed E-state index contributed by atoms with van der Waals surface area (Å²) < 4.78 is 42.3. The van der Waals surface area contributed by atoms with Crippen molar-refractivity contribution in [1.82, 2.24) is 4.90 Å². The molecule has 1 aliphatic rings. The number of carbonyl (C=O) groups is 1. The van der Waals surface area contributed by atoms with Crippen LogP contribution in [0.1, 0.15) is 19.4 Å². The predicted octanol–water partition coefficient (Wildman–Crippen LogP) is 3.50. The minimum atomic E-state index is -4.48. The topological polar surface area (TPSA) is 32.8 Å². The van der Waals surface area contributed by atoms with Crippen LogP contribution in [0.2, 0.25) is 0 Å². The smallest absolute Gasteiger partial charge is 0.450 e. The van der Waals surface area contributed by atoms with Gasteiger partial charge in [-0.15, -0.1) is 0 Å². The minimum Gasteiger partial charge on any atom is -0.466 e. The van der Waals surface area contributed by atoms with Gasteiger partial charge in [-0.2, -0.15) is 13.2 Å². The largest absolute Gasteiger partial charge is 0.466 e. The monoisotopic (exact) mass is 328 g/mol. The van der Waals surface area contributed by atoms with Crippen molar-refractivity contribution < 1.29 is 22.7 Å². The van der Waals surface area contributed by atoms with E-state index in [1.807, 2.05) is 13.8 Å². The first kappa shape index (κ1) is 17.2. The lowest BCUT2D eigenvalue weighted by Gasteiger charge is -2.20. The average Bonchev–Trinajstić information content (AvgIpc) is 2.97. The van der Waals surface area contributed by atoms with Crippen LogP contribution in [0.3, 0.4) is 0 Å². The van der Waals surface area contributed by atoms with E-state index in [0.717, 1.165) is 11.8 Å². The lowest BCUT2D eigenvalue weighted by atomic mass is 10.1. The molecule has 0 atom stereocenters. The summed E-state index contributed by atoms with van der Waals surface area (Å²) in [5.74, 6) is -1.03. The molecule has 2 rings (SSSR count). The van der Waals surface area contributed by atoms with Gasteiger partial charge in [-0.1, -0.05) is 26.0 Å². The molecule has 1 heterocycles. The maximum Gasteiger partial charge on any atom is 0.450 e. The molecule has 0 saturated heterocycles. The van der Waals surface area contributed by atoms with E-state index >= 15 is 0 Å². The van der Waals surface area contributed by atoms with Crippen molar-refractivity contribution in [3.8, 4) is 0 Å². The Morgan fingerprint density at radius 1 is 1.30 bits per heavy atom. The second kappa shape index (κ2) is 6.52. The summed E-state index contributed by atoms with van der Waals surface area (Å²) in [5.41, 5.74) is 1.51. The first-order chi connectivity index (χ1) is 10.7. The van der Waals surface area contributed by atoms with E-state index in [9.17, 15) is 18.0 Å². The van der Waals surface area contributed by atoms with Gasteiger partial charge in [0.05, 0.1) is 6.20 Å². The summed E-state index contributed by atoms with van der Waals surface area (Å²) in [6.45, 7) is 3.96.